The number of nitrogens with one attached hydrogen (secondary N) is 2. The zero-order chi connectivity index (χ0) is 19.3. The highest BCUT2D eigenvalue weighted by molar-refractivity contribution is 7.71. The van der Waals surface area contributed by atoms with Gasteiger partial charge in [0, 0.05) is 6.07 Å². The molecule has 1 aromatic heterocycles. The smallest absolute Gasteiger partial charge is 0.387 e. The number of carbonyl (C=O) groups excluding carboxylic acids is 1. The van der Waals surface area contributed by atoms with Gasteiger partial charge in [0.15, 0.2) is 16.3 Å². The number of esters is 1. The lowest BCUT2D eigenvalue weighted by atomic mass is 10.1. The first kappa shape index (κ1) is 19.3. The van der Waals surface area contributed by atoms with Crippen molar-refractivity contribution < 1.29 is 27.8 Å². The Labute approximate surface area is 151 Å². The maximum absolute atomic E-state index is 12.5. The first-order chi connectivity index (χ1) is 12.3. The number of methoxy groups -OCH3 is 2. The number of hydrogen-bond acceptors (Lipinski definition) is 6. The molecule has 0 atom stereocenters. The molecule has 0 aliphatic heterocycles. The van der Waals surface area contributed by atoms with Gasteiger partial charge in [-0.1, -0.05) is 6.07 Å². The number of ether oxygens (including phenoxy) is 3. The third-order valence-electron chi connectivity index (χ3n) is 3.17. The van der Waals surface area contributed by atoms with Crippen molar-refractivity contribution in [3.05, 3.63) is 50.6 Å². The standard InChI is InChI=1S/C16H14F2N2O5S/c1-23-11-4-3-8(6-12(11)25-15(17)18)5-9(14(22)24-2)10-7-13(21)20-16(26)19-10/h3-7,15H,1-2H3,(H2,19,20,21,26)/b9-5-. The largest absolute Gasteiger partial charge is 0.493 e. The van der Waals surface area contributed by atoms with E-state index in [0.29, 0.717) is 5.56 Å². The van der Waals surface area contributed by atoms with Gasteiger partial charge in [0.2, 0.25) is 0 Å². The van der Waals surface area contributed by atoms with Crippen LogP contribution in [0.1, 0.15) is 11.3 Å². The highest BCUT2D eigenvalue weighted by atomic mass is 32.1. The first-order valence-electron chi connectivity index (χ1n) is 7.11. The minimum atomic E-state index is -3.05. The summed E-state index contributed by atoms with van der Waals surface area (Å²) >= 11 is 4.88. The quantitative estimate of drug-likeness (QED) is 0.452. The van der Waals surface area contributed by atoms with Gasteiger partial charge in [0.25, 0.3) is 5.56 Å². The van der Waals surface area contributed by atoms with Crippen LogP contribution in [0.3, 0.4) is 0 Å². The van der Waals surface area contributed by atoms with Crippen LogP contribution in [-0.4, -0.2) is 36.8 Å². The summed E-state index contributed by atoms with van der Waals surface area (Å²) in [6.45, 7) is -3.05. The maximum Gasteiger partial charge on any atom is 0.387 e. The van der Waals surface area contributed by atoms with Crippen LogP contribution in [0, 0.1) is 4.77 Å². The number of halogens is 2. The Balaban J connectivity index is 2.58. The van der Waals surface area contributed by atoms with Gasteiger partial charge in [-0.3, -0.25) is 9.78 Å². The van der Waals surface area contributed by atoms with E-state index in [1.165, 1.54) is 31.4 Å². The van der Waals surface area contributed by atoms with Crippen molar-refractivity contribution in [3.63, 3.8) is 0 Å². The van der Waals surface area contributed by atoms with E-state index in [1.807, 2.05) is 0 Å². The summed E-state index contributed by atoms with van der Waals surface area (Å²) in [5.74, 6) is -0.870. The Bertz CT molecular complexity index is 924. The van der Waals surface area contributed by atoms with Crippen LogP contribution in [0.15, 0.2) is 29.1 Å². The van der Waals surface area contributed by atoms with Gasteiger partial charge in [0.05, 0.1) is 25.5 Å². The van der Waals surface area contributed by atoms with Gasteiger partial charge in [-0.25, -0.2) is 4.79 Å². The Morgan fingerprint density at radius 2 is 1.92 bits per heavy atom. The predicted molar refractivity (Wildman–Crippen MR) is 91.8 cm³/mol. The fourth-order valence-corrected chi connectivity index (χ4v) is 2.32. The van der Waals surface area contributed by atoms with Crippen LogP contribution < -0.4 is 15.0 Å². The number of rotatable bonds is 6. The summed E-state index contributed by atoms with van der Waals surface area (Å²) in [6, 6.07) is 5.30. The van der Waals surface area contributed by atoms with Gasteiger partial charge in [-0.15, -0.1) is 0 Å². The number of H-pyrrole nitrogens is 2. The number of hydrogen-bond donors (Lipinski definition) is 2. The summed E-state index contributed by atoms with van der Waals surface area (Å²) in [5.41, 5.74) is -0.105. The van der Waals surface area contributed by atoms with Crippen molar-refractivity contribution in [2.75, 3.05) is 14.2 Å². The van der Waals surface area contributed by atoms with Crippen molar-refractivity contribution in [1.29, 1.82) is 0 Å². The van der Waals surface area contributed by atoms with Gasteiger partial charge in [-0.05, 0) is 36.0 Å². The molecule has 0 bridgehead atoms. The molecule has 1 heterocycles. The van der Waals surface area contributed by atoms with Crippen LogP contribution in [0.4, 0.5) is 8.78 Å². The summed E-state index contributed by atoms with van der Waals surface area (Å²) in [6.07, 6.45) is 1.34. The van der Waals surface area contributed by atoms with E-state index in [0.717, 1.165) is 13.2 Å². The van der Waals surface area contributed by atoms with Gasteiger partial charge in [0.1, 0.15) is 0 Å². The van der Waals surface area contributed by atoms with Crippen LogP contribution in [0.25, 0.3) is 11.6 Å². The average molecular weight is 384 g/mol. The lowest BCUT2D eigenvalue weighted by Gasteiger charge is -2.11. The Kier molecular flexibility index (Phi) is 6.23. The molecule has 0 saturated carbocycles. The lowest BCUT2D eigenvalue weighted by molar-refractivity contribution is -0.133. The van der Waals surface area contributed by atoms with Crippen LogP contribution in [-0.2, 0) is 9.53 Å². The van der Waals surface area contributed by atoms with Gasteiger partial charge >= 0.3 is 12.6 Å². The topological polar surface area (TPSA) is 93.4 Å². The van der Waals surface area contributed by atoms with E-state index in [1.54, 1.807) is 0 Å². The Morgan fingerprint density at radius 1 is 1.19 bits per heavy atom. The maximum atomic E-state index is 12.5. The third-order valence-corrected chi connectivity index (χ3v) is 3.37. The van der Waals surface area contributed by atoms with Crippen molar-refractivity contribution >= 4 is 29.8 Å². The molecule has 2 rings (SSSR count). The number of carbonyl (C=O) groups is 1. The number of aromatic nitrogens is 2. The fourth-order valence-electron chi connectivity index (χ4n) is 2.11. The Hall–Kier alpha value is -3.01. The van der Waals surface area contributed by atoms with Crippen molar-refractivity contribution in [2.24, 2.45) is 0 Å². The zero-order valence-corrected chi connectivity index (χ0v) is 14.5. The van der Waals surface area contributed by atoms with Crippen molar-refractivity contribution in [1.82, 2.24) is 9.97 Å². The van der Waals surface area contributed by atoms with Crippen molar-refractivity contribution in [3.8, 4) is 11.5 Å². The molecule has 0 saturated heterocycles. The second-order valence-electron chi connectivity index (χ2n) is 4.84. The van der Waals surface area contributed by atoms with E-state index >= 15 is 0 Å². The molecule has 10 heteroatoms. The van der Waals surface area contributed by atoms with E-state index in [-0.39, 0.29) is 27.5 Å². The minimum absolute atomic E-state index is 0.0127. The van der Waals surface area contributed by atoms with Gasteiger partial charge in [-0.2, -0.15) is 8.78 Å². The molecule has 0 aliphatic rings. The summed E-state index contributed by atoms with van der Waals surface area (Å²) in [5, 5.41) is 0. The average Bonchev–Trinajstić information content (AvgIpc) is 2.57. The van der Waals surface area contributed by atoms with Crippen LogP contribution >= 0.6 is 12.2 Å². The molecule has 0 radical (unpaired) electrons. The van der Waals surface area contributed by atoms with Crippen LogP contribution in [0.5, 0.6) is 11.5 Å². The molecule has 0 aliphatic carbocycles. The van der Waals surface area contributed by atoms with E-state index in [4.69, 9.17) is 21.7 Å². The Morgan fingerprint density at radius 3 is 2.50 bits per heavy atom. The second-order valence-corrected chi connectivity index (χ2v) is 5.25. The molecule has 0 unspecified atom stereocenters. The minimum Gasteiger partial charge on any atom is -0.493 e. The molecule has 138 valence electrons. The molecule has 0 fully saturated rings. The molecule has 1 aromatic carbocycles. The normalized spacial score (nSPS) is 11.3. The molecule has 26 heavy (non-hydrogen) atoms. The zero-order valence-electron chi connectivity index (χ0n) is 13.7. The highest BCUT2D eigenvalue weighted by Crippen LogP contribution is 2.31. The molecular weight excluding hydrogens is 370 g/mol. The number of aromatic amines is 2. The van der Waals surface area contributed by atoms with Gasteiger partial charge < -0.3 is 19.2 Å². The molecule has 0 spiro atoms. The summed E-state index contributed by atoms with van der Waals surface area (Å²) in [4.78, 5) is 28.7. The summed E-state index contributed by atoms with van der Waals surface area (Å²) in [7, 11) is 2.47. The molecular formula is C16H14F2N2O5S. The molecule has 2 N–H and O–H groups in total. The fraction of sp³-hybridized carbons (Fsp3) is 0.188. The molecule has 2 aromatic rings. The van der Waals surface area contributed by atoms with E-state index < -0.39 is 18.1 Å². The monoisotopic (exact) mass is 384 g/mol. The third kappa shape index (κ3) is 4.76. The number of alkyl halides is 2. The van der Waals surface area contributed by atoms with Crippen LogP contribution in [0.2, 0.25) is 0 Å². The highest BCUT2D eigenvalue weighted by Gasteiger charge is 2.16. The predicted octanol–water partition coefficient (Wildman–Crippen LogP) is 2.76. The second kappa shape index (κ2) is 8.39. The molecule has 0 amide bonds. The number of benzene rings is 1. The first-order valence-corrected chi connectivity index (χ1v) is 7.51. The van der Waals surface area contributed by atoms with E-state index in [2.05, 4.69) is 14.7 Å². The SMILES string of the molecule is COC(=O)/C(=C\c1ccc(OC)c(OC(F)F)c1)c1cc(=O)[nH]c(=S)[nH]1. The van der Waals surface area contributed by atoms with E-state index in [9.17, 15) is 18.4 Å². The van der Waals surface area contributed by atoms with Crippen molar-refractivity contribution in [2.45, 2.75) is 6.61 Å². The summed E-state index contributed by atoms with van der Waals surface area (Å²) < 4.78 is 39.2. The lowest BCUT2D eigenvalue weighted by Crippen LogP contribution is -2.12. The molecule has 7 nitrogen and oxygen atoms in total.